The van der Waals surface area contributed by atoms with E-state index in [1.165, 1.54) is 0 Å². The van der Waals surface area contributed by atoms with E-state index in [1.807, 2.05) is 0 Å². The number of hydrogen-bond donors (Lipinski definition) is 1. The van der Waals surface area contributed by atoms with Crippen LogP contribution in [0.1, 0.15) is 0 Å². The predicted octanol–water partition coefficient (Wildman–Crippen LogP) is 0.249. The van der Waals surface area contributed by atoms with Gasteiger partial charge in [-0.15, -0.1) is 11.6 Å². The molecule has 10 heavy (non-hydrogen) atoms. The zero-order chi connectivity index (χ0) is 7.82. The molecular weight excluding hydrogens is 156 g/mol. The fraction of sp³-hybridized carbons (Fsp3) is 1.00. The van der Waals surface area contributed by atoms with Crippen LogP contribution in [0.2, 0.25) is 0 Å². The monoisotopic (exact) mass is 168 g/mol. The maximum absolute atomic E-state index is 8.86. The first kappa shape index (κ1) is 10.2. The third-order valence-corrected chi connectivity index (χ3v) is 1.28. The maximum Gasteiger partial charge on any atom is 0.0908 e. The number of aliphatic hydroxyl groups excluding tert-OH is 1. The first-order chi connectivity index (χ1) is 4.81. The van der Waals surface area contributed by atoms with Crippen LogP contribution in [0.5, 0.6) is 0 Å². The molecule has 0 aromatic heterocycles. The van der Waals surface area contributed by atoms with E-state index in [0.717, 1.165) is 0 Å². The molecular formula is C6H13ClO3. The molecule has 0 aliphatic rings. The molecule has 62 valence electrons. The number of aliphatic hydroxyl groups is 1. The summed E-state index contributed by atoms with van der Waals surface area (Å²) < 4.78 is 9.68. The lowest BCUT2D eigenvalue weighted by Gasteiger charge is -2.06. The molecule has 0 aliphatic heterocycles. The number of hydrogen-bond acceptors (Lipinski definition) is 3. The van der Waals surface area contributed by atoms with Crippen LogP contribution in [0.25, 0.3) is 0 Å². The first-order valence-corrected chi connectivity index (χ1v) is 3.65. The van der Waals surface area contributed by atoms with Crippen molar-refractivity contribution in [2.75, 3.05) is 32.8 Å². The van der Waals surface area contributed by atoms with Crippen molar-refractivity contribution in [2.24, 2.45) is 0 Å². The fourth-order valence-electron chi connectivity index (χ4n) is 0.406. The molecule has 0 radical (unpaired) electrons. The lowest BCUT2D eigenvalue weighted by molar-refractivity contribution is 0.0214. The molecule has 0 saturated heterocycles. The van der Waals surface area contributed by atoms with Crippen molar-refractivity contribution in [3.8, 4) is 0 Å². The Morgan fingerprint density at radius 3 is 2.70 bits per heavy atom. The molecule has 0 amide bonds. The number of rotatable bonds is 6. The third-order valence-electron chi connectivity index (χ3n) is 0.920. The van der Waals surface area contributed by atoms with Crippen LogP contribution >= 0.6 is 11.6 Å². The minimum absolute atomic E-state index is 0.215. The molecule has 0 aromatic carbocycles. The molecule has 0 saturated carbocycles. The molecule has 0 fully saturated rings. The molecule has 3 nitrogen and oxygen atoms in total. The molecule has 1 N–H and O–H groups in total. The van der Waals surface area contributed by atoms with Crippen molar-refractivity contribution in [1.82, 2.24) is 0 Å². The number of halogens is 1. The van der Waals surface area contributed by atoms with E-state index in [1.54, 1.807) is 7.11 Å². The molecule has 1 atom stereocenters. The summed E-state index contributed by atoms with van der Waals surface area (Å²) in [6, 6.07) is 0. The second kappa shape index (κ2) is 7.28. The fourth-order valence-corrected chi connectivity index (χ4v) is 0.495. The highest BCUT2D eigenvalue weighted by molar-refractivity contribution is 6.18. The van der Waals surface area contributed by atoms with Gasteiger partial charge in [0.05, 0.1) is 31.8 Å². The van der Waals surface area contributed by atoms with Gasteiger partial charge in [0.15, 0.2) is 0 Å². The van der Waals surface area contributed by atoms with Gasteiger partial charge in [-0.2, -0.15) is 0 Å². The highest BCUT2D eigenvalue weighted by Gasteiger charge is 1.99. The van der Waals surface area contributed by atoms with Crippen molar-refractivity contribution in [2.45, 2.75) is 6.10 Å². The smallest absolute Gasteiger partial charge is 0.0908 e. The summed E-state index contributed by atoms with van der Waals surface area (Å²) in [5.74, 6) is 0.215. The van der Waals surface area contributed by atoms with E-state index in [2.05, 4.69) is 0 Å². The Hall–Kier alpha value is 0.170. The van der Waals surface area contributed by atoms with Crippen molar-refractivity contribution in [3.63, 3.8) is 0 Å². The second-order valence-electron chi connectivity index (χ2n) is 1.88. The molecule has 0 bridgehead atoms. The first-order valence-electron chi connectivity index (χ1n) is 3.12. The summed E-state index contributed by atoms with van der Waals surface area (Å²) in [6.45, 7) is 1.34. The topological polar surface area (TPSA) is 38.7 Å². The Labute approximate surface area is 65.9 Å². The van der Waals surface area contributed by atoms with Gasteiger partial charge in [-0.25, -0.2) is 0 Å². The third kappa shape index (κ3) is 6.29. The average molecular weight is 169 g/mol. The number of alkyl halides is 1. The number of ether oxygens (including phenoxy) is 2. The van der Waals surface area contributed by atoms with Gasteiger partial charge in [-0.1, -0.05) is 0 Å². The standard InChI is InChI=1S/C6H13ClO3/c1-9-2-3-10-5-6(8)4-7/h6,8H,2-5H2,1H3/t6-/m0/s1. The molecule has 0 aromatic rings. The minimum atomic E-state index is -0.557. The Balaban J connectivity index is 2.89. The van der Waals surface area contributed by atoms with Crippen LogP contribution in [0.3, 0.4) is 0 Å². The Morgan fingerprint density at radius 1 is 1.50 bits per heavy atom. The van der Waals surface area contributed by atoms with Crippen LogP contribution in [0.4, 0.5) is 0 Å². The van der Waals surface area contributed by atoms with Crippen LogP contribution in [-0.2, 0) is 9.47 Å². The lowest BCUT2D eigenvalue weighted by Crippen LogP contribution is -2.18. The van der Waals surface area contributed by atoms with Crippen molar-refractivity contribution >= 4 is 11.6 Å². The highest BCUT2D eigenvalue weighted by atomic mass is 35.5. The van der Waals surface area contributed by atoms with Crippen LogP contribution in [0, 0.1) is 0 Å². The van der Waals surface area contributed by atoms with E-state index < -0.39 is 6.10 Å². The van der Waals surface area contributed by atoms with Gasteiger partial charge in [0.1, 0.15) is 0 Å². The van der Waals surface area contributed by atoms with Gasteiger partial charge in [0.2, 0.25) is 0 Å². The van der Waals surface area contributed by atoms with Gasteiger partial charge >= 0.3 is 0 Å². The normalized spacial score (nSPS) is 13.5. The summed E-state index contributed by atoms with van der Waals surface area (Å²) in [6.07, 6.45) is -0.557. The van der Waals surface area contributed by atoms with E-state index in [9.17, 15) is 0 Å². The molecule has 0 rings (SSSR count). The van der Waals surface area contributed by atoms with Crippen molar-refractivity contribution in [3.05, 3.63) is 0 Å². The van der Waals surface area contributed by atoms with E-state index in [-0.39, 0.29) is 12.5 Å². The SMILES string of the molecule is COCCOC[C@@H](O)CCl. The zero-order valence-electron chi connectivity index (χ0n) is 6.05. The molecule has 0 unspecified atom stereocenters. The van der Waals surface area contributed by atoms with E-state index in [4.69, 9.17) is 26.2 Å². The molecule has 0 aliphatic carbocycles. The van der Waals surface area contributed by atoms with Crippen molar-refractivity contribution in [1.29, 1.82) is 0 Å². The van der Waals surface area contributed by atoms with Gasteiger partial charge in [0.25, 0.3) is 0 Å². The van der Waals surface area contributed by atoms with Gasteiger partial charge in [-0.05, 0) is 0 Å². The Bertz CT molecular complexity index is 70.0. The van der Waals surface area contributed by atoms with Crippen LogP contribution in [-0.4, -0.2) is 44.0 Å². The number of methoxy groups -OCH3 is 1. The summed E-state index contributed by atoms with van der Waals surface area (Å²) in [5.41, 5.74) is 0. The second-order valence-corrected chi connectivity index (χ2v) is 2.18. The molecule has 0 heterocycles. The van der Waals surface area contributed by atoms with Gasteiger partial charge in [0, 0.05) is 7.11 Å². The van der Waals surface area contributed by atoms with E-state index >= 15 is 0 Å². The lowest BCUT2D eigenvalue weighted by atomic mass is 10.4. The quantitative estimate of drug-likeness (QED) is 0.457. The highest BCUT2D eigenvalue weighted by Crippen LogP contribution is 1.88. The minimum Gasteiger partial charge on any atom is -0.389 e. The largest absolute Gasteiger partial charge is 0.389 e. The van der Waals surface area contributed by atoms with Gasteiger partial charge in [-0.3, -0.25) is 0 Å². The summed E-state index contributed by atoms with van der Waals surface area (Å²) in [7, 11) is 1.60. The summed E-state index contributed by atoms with van der Waals surface area (Å²) in [5, 5.41) is 8.86. The average Bonchev–Trinajstić information content (AvgIpc) is 1.98. The van der Waals surface area contributed by atoms with Gasteiger partial charge < -0.3 is 14.6 Å². The summed E-state index contributed by atoms with van der Waals surface area (Å²) >= 11 is 5.30. The Kier molecular flexibility index (Phi) is 7.40. The predicted molar refractivity (Wildman–Crippen MR) is 39.4 cm³/mol. The maximum atomic E-state index is 8.86. The van der Waals surface area contributed by atoms with Crippen LogP contribution < -0.4 is 0 Å². The Morgan fingerprint density at radius 2 is 2.20 bits per heavy atom. The van der Waals surface area contributed by atoms with Crippen molar-refractivity contribution < 1.29 is 14.6 Å². The zero-order valence-corrected chi connectivity index (χ0v) is 6.80. The van der Waals surface area contributed by atoms with E-state index in [0.29, 0.717) is 13.2 Å². The summed E-state index contributed by atoms with van der Waals surface area (Å²) in [4.78, 5) is 0. The van der Waals surface area contributed by atoms with Crippen LogP contribution in [0.15, 0.2) is 0 Å². The molecule has 0 spiro atoms. The molecule has 4 heteroatoms.